The molecule has 1 aliphatic rings. The van der Waals surface area contributed by atoms with Crippen molar-refractivity contribution in [2.45, 2.75) is 19.6 Å². The van der Waals surface area contributed by atoms with E-state index in [0.717, 1.165) is 31.0 Å². The van der Waals surface area contributed by atoms with Crippen LogP contribution in [0.5, 0.6) is 0 Å². The first-order valence-corrected chi connectivity index (χ1v) is 8.24. The van der Waals surface area contributed by atoms with E-state index in [0.29, 0.717) is 13.2 Å². The number of morpholine rings is 1. The Morgan fingerprint density at radius 3 is 3.00 bits per heavy atom. The minimum absolute atomic E-state index is 0.0292. The fraction of sp³-hybridized carbons (Fsp3) is 0.500. The van der Waals surface area contributed by atoms with E-state index in [1.807, 2.05) is 32.2 Å². The Balaban J connectivity index is 1.64. The maximum atomic E-state index is 10.8. The molecule has 3 rings (SSSR count). The van der Waals surface area contributed by atoms with E-state index >= 15 is 0 Å². The second-order valence-electron chi connectivity index (χ2n) is 6.45. The highest BCUT2D eigenvalue weighted by Gasteiger charge is 2.24. The molecular formula is C18H24N2O4. The fourth-order valence-corrected chi connectivity index (χ4v) is 3.32. The lowest BCUT2D eigenvalue weighted by Gasteiger charge is -2.34. The summed E-state index contributed by atoms with van der Waals surface area (Å²) in [5.74, 6) is 0.146. The number of nitrogens with zero attached hydrogens (tertiary/aromatic N) is 2. The minimum Gasteiger partial charge on any atom is -0.480 e. The first kappa shape index (κ1) is 17.0. The number of hydrogen-bond acceptors (Lipinski definition) is 5. The Kier molecular flexibility index (Phi) is 5.18. The number of furan rings is 1. The van der Waals surface area contributed by atoms with Gasteiger partial charge in [-0.15, -0.1) is 0 Å². The maximum absolute atomic E-state index is 10.8. The van der Waals surface area contributed by atoms with Gasteiger partial charge < -0.3 is 14.3 Å². The molecule has 2 aromatic rings. The van der Waals surface area contributed by atoms with Crippen molar-refractivity contribution >= 4 is 16.9 Å². The lowest BCUT2D eigenvalue weighted by molar-refractivity contribution is -0.138. The summed E-state index contributed by atoms with van der Waals surface area (Å²) < 4.78 is 11.6. The zero-order valence-corrected chi connectivity index (χ0v) is 14.2. The summed E-state index contributed by atoms with van der Waals surface area (Å²) in [4.78, 5) is 14.9. The third-order valence-electron chi connectivity index (χ3n) is 4.43. The number of aliphatic carboxylic acids is 1. The summed E-state index contributed by atoms with van der Waals surface area (Å²) in [5, 5.41) is 10.0. The highest BCUT2D eigenvalue weighted by Crippen LogP contribution is 2.27. The molecular weight excluding hydrogens is 308 g/mol. The van der Waals surface area contributed by atoms with Crippen molar-refractivity contribution in [3.05, 3.63) is 35.6 Å². The topological polar surface area (TPSA) is 66.2 Å². The lowest BCUT2D eigenvalue weighted by Crippen LogP contribution is -2.47. The van der Waals surface area contributed by atoms with E-state index in [-0.39, 0.29) is 12.6 Å². The first-order valence-electron chi connectivity index (χ1n) is 8.24. The van der Waals surface area contributed by atoms with Crippen LogP contribution in [-0.4, -0.2) is 66.8 Å². The van der Waals surface area contributed by atoms with Crippen molar-refractivity contribution in [3.8, 4) is 0 Å². The van der Waals surface area contributed by atoms with Gasteiger partial charge in [0.25, 0.3) is 0 Å². The number of hydrogen-bond donors (Lipinski definition) is 1. The number of likely N-dealkylation sites (N-methyl/N-ethyl adjacent to an activating group) is 1. The Morgan fingerprint density at radius 2 is 2.21 bits per heavy atom. The third kappa shape index (κ3) is 3.95. The van der Waals surface area contributed by atoms with Crippen LogP contribution in [0.15, 0.2) is 28.7 Å². The average Bonchev–Trinajstić information content (AvgIpc) is 2.83. The molecule has 1 aromatic carbocycles. The molecule has 0 spiro atoms. The number of ether oxygens (including phenoxy) is 1. The van der Waals surface area contributed by atoms with E-state index in [1.54, 1.807) is 4.90 Å². The molecule has 6 heteroatoms. The number of carboxylic acids is 1. The van der Waals surface area contributed by atoms with Crippen molar-refractivity contribution in [1.29, 1.82) is 0 Å². The fourth-order valence-electron chi connectivity index (χ4n) is 3.32. The van der Waals surface area contributed by atoms with Crippen LogP contribution >= 0.6 is 0 Å². The van der Waals surface area contributed by atoms with E-state index in [2.05, 4.69) is 11.0 Å². The zero-order valence-electron chi connectivity index (χ0n) is 14.2. The molecule has 0 bridgehead atoms. The SMILES string of the molecule is Cc1oc2ccccc2c1CN1CCOC(CN(C)CC(=O)O)C1. The van der Waals surface area contributed by atoms with Gasteiger partial charge in [0, 0.05) is 37.1 Å². The number of rotatable bonds is 6. The second kappa shape index (κ2) is 7.34. The largest absolute Gasteiger partial charge is 0.480 e. The van der Waals surface area contributed by atoms with E-state index in [1.165, 1.54) is 10.9 Å². The Labute approximate surface area is 141 Å². The molecule has 2 heterocycles. The molecule has 130 valence electrons. The van der Waals surface area contributed by atoms with Gasteiger partial charge in [-0.05, 0) is 20.0 Å². The van der Waals surface area contributed by atoms with Crippen molar-refractivity contribution in [1.82, 2.24) is 9.80 Å². The highest BCUT2D eigenvalue weighted by molar-refractivity contribution is 5.82. The highest BCUT2D eigenvalue weighted by atomic mass is 16.5. The molecule has 1 fully saturated rings. The molecule has 24 heavy (non-hydrogen) atoms. The van der Waals surface area contributed by atoms with Gasteiger partial charge in [0.05, 0.1) is 19.3 Å². The van der Waals surface area contributed by atoms with Gasteiger partial charge in [0.2, 0.25) is 0 Å². The van der Waals surface area contributed by atoms with E-state index in [4.69, 9.17) is 14.3 Å². The predicted octanol–water partition coefficient (Wildman–Crippen LogP) is 1.96. The Bertz CT molecular complexity index is 712. The molecule has 0 amide bonds. The standard InChI is InChI=1S/C18H24N2O4/c1-13-16(15-5-3-4-6-17(15)24-13)11-20-7-8-23-14(10-20)9-19(2)12-18(21)22/h3-6,14H,7-12H2,1-2H3,(H,21,22). The average molecular weight is 332 g/mol. The maximum Gasteiger partial charge on any atom is 0.317 e. The normalized spacial score (nSPS) is 19.2. The van der Waals surface area contributed by atoms with Crippen LogP contribution in [0.3, 0.4) is 0 Å². The molecule has 0 aliphatic carbocycles. The summed E-state index contributed by atoms with van der Waals surface area (Å²) in [6.45, 7) is 5.82. The van der Waals surface area contributed by atoms with E-state index < -0.39 is 5.97 Å². The van der Waals surface area contributed by atoms with Crippen LogP contribution in [0.25, 0.3) is 11.0 Å². The molecule has 1 aliphatic heterocycles. The van der Waals surface area contributed by atoms with Crippen LogP contribution in [-0.2, 0) is 16.1 Å². The van der Waals surface area contributed by atoms with Gasteiger partial charge in [-0.3, -0.25) is 14.6 Å². The molecule has 1 saturated heterocycles. The van der Waals surface area contributed by atoms with Gasteiger partial charge in [0.15, 0.2) is 0 Å². The minimum atomic E-state index is -0.814. The molecule has 0 saturated carbocycles. The van der Waals surface area contributed by atoms with Crippen molar-refractivity contribution in [2.75, 3.05) is 39.8 Å². The van der Waals surface area contributed by atoms with Gasteiger partial charge in [-0.1, -0.05) is 18.2 Å². The van der Waals surface area contributed by atoms with Crippen molar-refractivity contribution < 1.29 is 19.1 Å². The number of fused-ring (bicyclic) bond motifs is 1. The molecule has 1 N–H and O–H groups in total. The predicted molar refractivity (Wildman–Crippen MR) is 91.1 cm³/mol. The van der Waals surface area contributed by atoms with Crippen LogP contribution in [0.4, 0.5) is 0 Å². The van der Waals surface area contributed by atoms with Crippen LogP contribution in [0.1, 0.15) is 11.3 Å². The number of aryl methyl sites for hydroxylation is 1. The van der Waals surface area contributed by atoms with Gasteiger partial charge in [0.1, 0.15) is 11.3 Å². The summed E-state index contributed by atoms with van der Waals surface area (Å²) in [5.41, 5.74) is 2.15. The molecule has 1 unspecified atom stereocenters. The Hall–Kier alpha value is -1.89. The van der Waals surface area contributed by atoms with Gasteiger partial charge in [-0.2, -0.15) is 0 Å². The summed E-state index contributed by atoms with van der Waals surface area (Å²) in [7, 11) is 1.81. The number of carbonyl (C=O) groups is 1. The molecule has 0 radical (unpaired) electrons. The van der Waals surface area contributed by atoms with Crippen LogP contribution in [0, 0.1) is 6.92 Å². The van der Waals surface area contributed by atoms with Crippen LogP contribution < -0.4 is 0 Å². The number of benzene rings is 1. The third-order valence-corrected chi connectivity index (χ3v) is 4.43. The molecule has 6 nitrogen and oxygen atoms in total. The monoisotopic (exact) mass is 332 g/mol. The molecule has 1 atom stereocenters. The van der Waals surface area contributed by atoms with Crippen LogP contribution in [0.2, 0.25) is 0 Å². The number of carboxylic acid groups (broad SMARTS) is 1. The summed E-state index contributed by atoms with van der Waals surface area (Å²) >= 11 is 0. The first-order chi connectivity index (χ1) is 11.5. The van der Waals surface area contributed by atoms with Crippen molar-refractivity contribution in [2.24, 2.45) is 0 Å². The number of para-hydroxylation sites is 1. The second-order valence-corrected chi connectivity index (χ2v) is 6.45. The Morgan fingerprint density at radius 1 is 1.42 bits per heavy atom. The smallest absolute Gasteiger partial charge is 0.317 e. The quantitative estimate of drug-likeness (QED) is 0.872. The lowest BCUT2D eigenvalue weighted by atomic mass is 10.1. The van der Waals surface area contributed by atoms with E-state index in [9.17, 15) is 4.79 Å². The molecule has 1 aromatic heterocycles. The van der Waals surface area contributed by atoms with Crippen molar-refractivity contribution in [3.63, 3.8) is 0 Å². The zero-order chi connectivity index (χ0) is 17.1. The van der Waals surface area contributed by atoms with Gasteiger partial charge >= 0.3 is 5.97 Å². The summed E-state index contributed by atoms with van der Waals surface area (Å²) in [6, 6.07) is 8.11. The summed E-state index contributed by atoms with van der Waals surface area (Å²) in [6.07, 6.45) is 0.0292. The van der Waals surface area contributed by atoms with Gasteiger partial charge in [-0.25, -0.2) is 0 Å².